The first kappa shape index (κ1) is 20.5. The number of rotatable bonds is 7. The van der Waals surface area contributed by atoms with Crippen molar-refractivity contribution in [2.75, 3.05) is 19.5 Å². The zero-order valence-electron chi connectivity index (χ0n) is 15.2. The fourth-order valence-electron chi connectivity index (χ4n) is 2.95. The molecule has 6 nitrogen and oxygen atoms in total. The summed E-state index contributed by atoms with van der Waals surface area (Å²) < 4.78 is 46.3. The van der Waals surface area contributed by atoms with Gasteiger partial charge in [-0.25, -0.2) is 0 Å². The number of hydrogen-bond acceptors (Lipinski definition) is 5. The van der Waals surface area contributed by atoms with Gasteiger partial charge in [0.15, 0.2) is 10.9 Å². The van der Waals surface area contributed by atoms with Crippen molar-refractivity contribution in [2.24, 2.45) is 7.05 Å². The minimum absolute atomic E-state index is 0.0210. The van der Waals surface area contributed by atoms with E-state index in [0.29, 0.717) is 12.2 Å². The Balaban J connectivity index is 2.15. The number of thioether (sulfide) groups is 1. The number of nitrogens with zero attached hydrogens (tertiary/aromatic N) is 4. The number of aryl methyl sites for hydroxylation is 1. The lowest BCUT2D eigenvalue weighted by Gasteiger charge is -2.17. The van der Waals surface area contributed by atoms with Crippen LogP contribution in [-0.4, -0.2) is 44.6 Å². The second kappa shape index (κ2) is 7.83. The maximum absolute atomic E-state index is 12.8. The number of hydrogen-bond donors (Lipinski definition) is 0. The van der Waals surface area contributed by atoms with Crippen molar-refractivity contribution in [1.82, 2.24) is 19.3 Å². The summed E-state index contributed by atoms with van der Waals surface area (Å²) in [6.07, 6.45) is -4.58. The van der Waals surface area contributed by atoms with Crippen LogP contribution in [0.5, 0.6) is 0 Å². The Labute approximate surface area is 153 Å². The molecule has 10 heteroatoms. The molecule has 26 heavy (non-hydrogen) atoms. The van der Waals surface area contributed by atoms with Gasteiger partial charge in [-0.1, -0.05) is 11.8 Å². The summed E-state index contributed by atoms with van der Waals surface area (Å²) in [5.74, 6) is -1.28. The first-order chi connectivity index (χ1) is 12.1. The minimum Gasteiger partial charge on any atom is -0.383 e. The van der Waals surface area contributed by atoms with E-state index in [1.165, 1.54) is 7.05 Å². The van der Waals surface area contributed by atoms with Gasteiger partial charge in [0.25, 0.3) is 0 Å². The van der Waals surface area contributed by atoms with Crippen LogP contribution in [0.15, 0.2) is 11.2 Å². The van der Waals surface area contributed by atoms with Crippen LogP contribution >= 0.6 is 11.8 Å². The predicted octanol–water partition coefficient (Wildman–Crippen LogP) is 3.43. The van der Waals surface area contributed by atoms with Gasteiger partial charge in [0.2, 0.25) is 5.82 Å². The number of alkyl halides is 3. The van der Waals surface area contributed by atoms with Gasteiger partial charge < -0.3 is 13.9 Å². The number of halogens is 3. The monoisotopic (exact) mass is 390 g/mol. The van der Waals surface area contributed by atoms with Crippen molar-refractivity contribution >= 4 is 17.5 Å². The first-order valence-corrected chi connectivity index (χ1v) is 8.86. The number of ether oxygens (including phenoxy) is 1. The van der Waals surface area contributed by atoms with Crippen LogP contribution in [0.1, 0.15) is 40.5 Å². The van der Waals surface area contributed by atoms with Gasteiger partial charge in [-0.2, -0.15) is 13.2 Å². The zero-order chi connectivity index (χ0) is 19.6. The van der Waals surface area contributed by atoms with Crippen molar-refractivity contribution in [3.05, 3.63) is 28.8 Å². The van der Waals surface area contributed by atoms with E-state index < -0.39 is 12.0 Å². The smallest absolute Gasteiger partial charge is 0.383 e. The van der Waals surface area contributed by atoms with Gasteiger partial charge in [-0.15, -0.1) is 10.2 Å². The van der Waals surface area contributed by atoms with Crippen molar-refractivity contribution in [3.8, 4) is 0 Å². The van der Waals surface area contributed by atoms with Crippen molar-refractivity contribution < 1.29 is 22.7 Å². The molecule has 2 aromatic rings. The molecule has 0 aliphatic carbocycles. The number of carbonyl (C=O) groups is 1. The molecule has 0 N–H and O–H groups in total. The summed E-state index contributed by atoms with van der Waals surface area (Å²) in [4.78, 5) is 12.6. The maximum Gasteiger partial charge on any atom is 0.451 e. The molecule has 0 radical (unpaired) electrons. The Hall–Kier alpha value is -1.81. The van der Waals surface area contributed by atoms with E-state index in [1.807, 2.05) is 25.3 Å². The summed E-state index contributed by atoms with van der Waals surface area (Å²) in [7, 11) is 2.84. The number of Topliss-reactive ketones (excluding diaryl/α,β-unsaturated/α-hetero) is 1. The van der Waals surface area contributed by atoms with Crippen LogP contribution in [0.4, 0.5) is 13.2 Å². The molecule has 0 aliphatic rings. The van der Waals surface area contributed by atoms with Gasteiger partial charge in [-0.3, -0.25) is 4.79 Å². The highest BCUT2D eigenvalue weighted by atomic mass is 32.2. The third-order valence-electron chi connectivity index (χ3n) is 4.05. The Kier molecular flexibility index (Phi) is 6.17. The van der Waals surface area contributed by atoms with Gasteiger partial charge >= 0.3 is 6.18 Å². The molecule has 144 valence electrons. The molecule has 1 atom stereocenters. The Morgan fingerprint density at radius 2 is 2.00 bits per heavy atom. The lowest BCUT2D eigenvalue weighted by Crippen LogP contribution is -2.15. The van der Waals surface area contributed by atoms with Gasteiger partial charge in [0.1, 0.15) is 0 Å². The summed E-state index contributed by atoms with van der Waals surface area (Å²) in [5.41, 5.74) is 2.29. The molecule has 2 aromatic heterocycles. The Morgan fingerprint density at radius 3 is 2.54 bits per heavy atom. The average Bonchev–Trinajstić information content (AvgIpc) is 3.05. The molecule has 2 heterocycles. The molecule has 0 saturated carbocycles. The molecule has 0 bridgehead atoms. The Morgan fingerprint density at radius 1 is 1.35 bits per heavy atom. The molecule has 0 spiro atoms. The summed E-state index contributed by atoms with van der Waals surface area (Å²) in [6, 6.07) is 1.87. The van der Waals surface area contributed by atoms with Crippen LogP contribution in [0, 0.1) is 13.8 Å². The average molecular weight is 390 g/mol. The third kappa shape index (κ3) is 4.12. The standard InChI is InChI=1S/C16H21F3N4O2S/c1-9-6-12(11(3)23(9)10(2)7-25-5)13(24)8-26-15-21-20-14(22(15)4)16(17,18)19/h6,10H,7-8H2,1-5H3/t10-/m1/s1. The third-order valence-corrected chi connectivity index (χ3v) is 5.07. The van der Waals surface area contributed by atoms with E-state index >= 15 is 0 Å². The molecule has 0 aliphatic heterocycles. The molecule has 0 saturated heterocycles. The van der Waals surface area contributed by atoms with E-state index in [9.17, 15) is 18.0 Å². The number of aromatic nitrogens is 4. The van der Waals surface area contributed by atoms with Gasteiger partial charge in [0.05, 0.1) is 18.4 Å². The fraction of sp³-hybridized carbons (Fsp3) is 0.562. The highest BCUT2D eigenvalue weighted by molar-refractivity contribution is 7.99. The second-order valence-electron chi connectivity index (χ2n) is 6.03. The van der Waals surface area contributed by atoms with Crippen molar-refractivity contribution in [1.29, 1.82) is 0 Å². The predicted molar refractivity (Wildman–Crippen MR) is 91.6 cm³/mol. The lowest BCUT2D eigenvalue weighted by atomic mass is 10.2. The Bertz CT molecular complexity index is 798. The van der Waals surface area contributed by atoms with Crippen molar-refractivity contribution in [2.45, 2.75) is 38.1 Å². The molecular weight excluding hydrogens is 369 g/mol. The van der Waals surface area contributed by atoms with Gasteiger partial charge in [-0.05, 0) is 26.8 Å². The normalized spacial score (nSPS) is 13.2. The zero-order valence-corrected chi connectivity index (χ0v) is 16.0. The first-order valence-electron chi connectivity index (χ1n) is 7.87. The quantitative estimate of drug-likeness (QED) is 0.535. The van der Waals surface area contributed by atoms with Crippen LogP contribution in [0.25, 0.3) is 0 Å². The summed E-state index contributed by atoms with van der Waals surface area (Å²) in [6.45, 7) is 6.26. The number of ketones is 1. The largest absolute Gasteiger partial charge is 0.451 e. The summed E-state index contributed by atoms with van der Waals surface area (Å²) in [5, 5.41) is 6.73. The van der Waals surface area contributed by atoms with E-state index in [-0.39, 0.29) is 22.7 Å². The minimum atomic E-state index is -4.58. The van der Waals surface area contributed by atoms with E-state index in [0.717, 1.165) is 27.7 Å². The van der Waals surface area contributed by atoms with Crippen LogP contribution in [0.3, 0.4) is 0 Å². The maximum atomic E-state index is 12.8. The van der Waals surface area contributed by atoms with Gasteiger partial charge in [0, 0.05) is 31.1 Å². The molecule has 0 unspecified atom stereocenters. The van der Waals surface area contributed by atoms with E-state index in [2.05, 4.69) is 10.2 Å². The topological polar surface area (TPSA) is 61.9 Å². The molecule has 0 fully saturated rings. The number of methoxy groups -OCH3 is 1. The molecule has 2 rings (SSSR count). The van der Waals surface area contributed by atoms with E-state index in [4.69, 9.17) is 4.74 Å². The van der Waals surface area contributed by atoms with E-state index in [1.54, 1.807) is 13.2 Å². The highest BCUT2D eigenvalue weighted by Crippen LogP contribution is 2.30. The van der Waals surface area contributed by atoms with Crippen LogP contribution < -0.4 is 0 Å². The van der Waals surface area contributed by atoms with Crippen molar-refractivity contribution in [3.63, 3.8) is 0 Å². The SMILES string of the molecule is COC[C@@H](C)n1c(C)cc(C(=O)CSc2nnc(C(F)(F)F)n2C)c1C. The molecular formula is C16H21F3N4O2S. The molecule has 0 aromatic carbocycles. The van der Waals surface area contributed by atoms with Crippen LogP contribution in [0.2, 0.25) is 0 Å². The highest BCUT2D eigenvalue weighted by Gasteiger charge is 2.37. The lowest BCUT2D eigenvalue weighted by molar-refractivity contribution is -0.147. The second-order valence-corrected chi connectivity index (χ2v) is 6.98. The summed E-state index contributed by atoms with van der Waals surface area (Å²) >= 11 is 0.935. The van der Waals surface area contributed by atoms with Crippen LogP contribution in [-0.2, 0) is 18.0 Å². The molecule has 0 amide bonds. The number of carbonyl (C=O) groups excluding carboxylic acids is 1. The fourth-order valence-corrected chi connectivity index (χ4v) is 3.74.